The van der Waals surface area contributed by atoms with Gasteiger partial charge in [-0.05, 0) is 69.4 Å². The summed E-state index contributed by atoms with van der Waals surface area (Å²) in [5.41, 5.74) is 2.85. The van der Waals surface area contributed by atoms with Gasteiger partial charge in [-0.3, -0.25) is 9.78 Å². The van der Waals surface area contributed by atoms with Crippen molar-refractivity contribution in [1.82, 2.24) is 9.88 Å². The fraction of sp³-hybridized carbons (Fsp3) is 0.583. The zero-order valence-electron chi connectivity index (χ0n) is 18.0. The Morgan fingerprint density at radius 1 is 1.00 bits per heavy atom. The van der Waals surface area contributed by atoms with E-state index in [0.717, 1.165) is 34.7 Å². The summed E-state index contributed by atoms with van der Waals surface area (Å²) in [7, 11) is 4.28. The van der Waals surface area contributed by atoms with E-state index in [2.05, 4.69) is 32.8 Å². The first kappa shape index (κ1) is 22.8. The molecule has 0 aromatic carbocycles. The van der Waals surface area contributed by atoms with E-state index in [9.17, 15) is 4.79 Å². The smallest absolute Gasteiger partial charge is 0.204 e. The Kier molecular flexibility index (Phi) is 9.86. The van der Waals surface area contributed by atoms with Crippen molar-refractivity contribution in [3.63, 3.8) is 0 Å². The third-order valence-electron chi connectivity index (χ3n) is 5.10. The molecule has 0 N–H and O–H groups in total. The summed E-state index contributed by atoms with van der Waals surface area (Å²) in [6.07, 6.45) is 9.77. The second kappa shape index (κ2) is 12.1. The number of hydrogen-bond acceptors (Lipinski definition) is 4. The van der Waals surface area contributed by atoms with E-state index in [0.29, 0.717) is 5.92 Å². The molecule has 0 saturated carbocycles. The van der Waals surface area contributed by atoms with Crippen LogP contribution in [0.3, 0.4) is 0 Å². The maximum absolute atomic E-state index is 12.9. The van der Waals surface area contributed by atoms with Crippen LogP contribution in [0.2, 0.25) is 0 Å². The van der Waals surface area contributed by atoms with Crippen LogP contribution in [0.1, 0.15) is 91.3 Å². The number of rotatable bonds is 13. The van der Waals surface area contributed by atoms with Crippen molar-refractivity contribution in [3.8, 4) is 0 Å². The van der Waals surface area contributed by atoms with Gasteiger partial charge in [-0.25, -0.2) is 0 Å². The quantitative estimate of drug-likeness (QED) is 0.291. The molecule has 2 aromatic rings. The van der Waals surface area contributed by atoms with Crippen molar-refractivity contribution >= 4 is 17.1 Å². The van der Waals surface area contributed by atoms with Gasteiger partial charge in [0.25, 0.3) is 0 Å². The molecule has 0 radical (unpaired) electrons. The number of carbonyl (C=O) groups excluding carboxylic acids is 1. The number of hydrogen-bond donors (Lipinski definition) is 0. The second-order valence-corrected chi connectivity index (χ2v) is 9.17. The molecule has 0 spiro atoms. The Hall–Kier alpha value is -1.52. The minimum Gasteiger partial charge on any atom is -0.309 e. The van der Waals surface area contributed by atoms with E-state index in [-0.39, 0.29) is 5.78 Å². The minimum absolute atomic E-state index is 0.119. The molecular weight excluding hydrogens is 364 g/mol. The highest BCUT2D eigenvalue weighted by Crippen LogP contribution is 2.22. The molecule has 0 amide bonds. The molecule has 3 nitrogen and oxygen atoms in total. The molecule has 2 heterocycles. The Morgan fingerprint density at radius 3 is 2.29 bits per heavy atom. The monoisotopic (exact) mass is 400 g/mol. The van der Waals surface area contributed by atoms with Crippen LogP contribution in [0.4, 0.5) is 0 Å². The van der Waals surface area contributed by atoms with Crippen molar-refractivity contribution in [1.29, 1.82) is 0 Å². The lowest BCUT2D eigenvalue weighted by Gasteiger charge is -2.12. The van der Waals surface area contributed by atoms with Crippen LogP contribution in [0.25, 0.3) is 0 Å². The van der Waals surface area contributed by atoms with Crippen LogP contribution < -0.4 is 0 Å². The summed E-state index contributed by atoms with van der Waals surface area (Å²) in [6, 6.07) is 7.85. The fourth-order valence-corrected chi connectivity index (χ4v) is 4.06. The van der Waals surface area contributed by atoms with E-state index in [4.69, 9.17) is 4.98 Å². The van der Waals surface area contributed by atoms with Gasteiger partial charge in [0.15, 0.2) is 0 Å². The zero-order chi connectivity index (χ0) is 20.4. The zero-order valence-corrected chi connectivity index (χ0v) is 18.9. The van der Waals surface area contributed by atoms with Gasteiger partial charge in [0, 0.05) is 11.3 Å². The lowest BCUT2D eigenvalue weighted by Crippen LogP contribution is -2.12. The second-order valence-electron chi connectivity index (χ2n) is 8.22. The average Bonchev–Trinajstić information content (AvgIpc) is 3.20. The summed E-state index contributed by atoms with van der Waals surface area (Å²) >= 11 is 1.51. The molecule has 2 rings (SSSR count). The molecule has 0 bridgehead atoms. The number of aryl methyl sites for hydroxylation is 1. The van der Waals surface area contributed by atoms with E-state index >= 15 is 0 Å². The molecular formula is C24H36N2OS. The van der Waals surface area contributed by atoms with Gasteiger partial charge >= 0.3 is 0 Å². The van der Waals surface area contributed by atoms with Crippen LogP contribution in [0.5, 0.6) is 0 Å². The largest absolute Gasteiger partial charge is 0.309 e. The molecule has 0 aliphatic carbocycles. The number of unbranched alkanes of at least 4 members (excludes halogenated alkanes) is 6. The highest BCUT2D eigenvalue weighted by atomic mass is 32.1. The van der Waals surface area contributed by atoms with Crippen molar-refractivity contribution in [3.05, 3.63) is 51.5 Å². The Labute approximate surface area is 175 Å². The predicted octanol–water partition coefficient (Wildman–Crippen LogP) is 6.33. The standard InChI is InChI=1S/C24H36N2OS/c1-19(2)21-16-15-20(24(27)23-14-12-18-28-23)22(25-21)13-10-8-6-5-7-9-11-17-26(3)4/h12,14-16,18-19H,5-11,13,17H2,1-4H3. The van der Waals surface area contributed by atoms with Gasteiger partial charge in [-0.2, -0.15) is 0 Å². The van der Waals surface area contributed by atoms with E-state index in [1.54, 1.807) is 0 Å². The SMILES string of the molecule is CC(C)c1ccc(C(=O)c2cccs2)c(CCCCCCCCCN(C)C)n1. The van der Waals surface area contributed by atoms with E-state index in [1.807, 2.05) is 29.6 Å². The summed E-state index contributed by atoms with van der Waals surface area (Å²) < 4.78 is 0. The molecule has 0 atom stereocenters. The summed E-state index contributed by atoms with van der Waals surface area (Å²) in [6.45, 7) is 5.51. The van der Waals surface area contributed by atoms with Crippen molar-refractivity contribution in [2.24, 2.45) is 0 Å². The lowest BCUT2D eigenvalue weighted by atomic mass is 9.99. The van der Waals surface area contributed by atoms with Gasteiger partial charge < -0.3 is 4.90 Å². The molecule has 0 aliphatic heterocycles. The van der Waals surface area contributed by atoms with Crippen LogP contribution in [-0.2, 0) is 6.42 Å². The number of nitrogens with zero attached hydrogens (tertiary/aromatic N) is 2. The first-order valence-electron chi connectivity index (χ1n) is 10.7. The first-order valence-corrected chi connectivity index (χ1v) is 11.6. The van der Waals surface area contributed by atoms with Crippen molar-refractivity contribution < 1.29 is 4.79 Å². The number of pyridine rings is 1. The van der Waals surface area contributed by atoms with E-state index in [1.165, 1.54) is 56.4 Å². The molecule has 0 saturated heterocycles. The third kappa shape index (κ3) is 7.48. The highest BCUT2D eigenvalue weighted by Gasteiger charge is 2.17. The van der Waals surface area contributed by atoms with E-state index < -0.39 is 0 Å². The maximum Gasteiger partial charge on any atom is 0.204 e. The molecule has 2 aromatic heterocycles. The summed E-state index contributed by atoms with van der Waals surface area (Å²) in [4.78, 5) is 20.8. The topological polar surface area (TPSA) is 33.2 Å². The average molecular weight is 401 g/mol. The first-order chi connectivity index (χ1) is 13.5. The normalized spacial score (nSPS) is 11.5. The number of aromatic nitrogens is 1. The minimum atomic E-state index is 0.119. The van der Waals surface area contributed by atoms with Crippen LogP contribution in [0, 0.1) is 0 Å². The molecule has 0 fully saturated rings. The Morgan fingerprint density at radius 2 is 1.68 bits per heavy atom. The lowest BCUT2D eigenvalue weighted by molar-refractivity contribution is 0.104. The summed E-state index contributed by atoms with van der Waals surface area (Å²) in [5.74, 6) is 0.500. The van der Waals surface area contributed by atoms with Crippen LogP contribution >= 0.6 is 11.3 Å². The third-order valence-corrected chi connectivity index (χ3v) is 5.96. The van der Waals surface area contributed by atoms with Crippen molar-refractivity contribution in [2.75, 3.05) is 20.6 Å². The molecule has 0 aliphatic rings. The highest BCUT2D eigenvalue weighted by molar-refractivity contribution is 7.12. The predicted molar refractivity (Wildman–Crippen MR) is 121 cm³/mol. The molecule has 154 valence electrons. The maximum atomic E-state index is 12.9. The van der Waals surface area contributed by atoms with Gasteiger partial charge in [-0.1, -0.05) is 52.0 Å². The Balaban J connectivity index is 1.85. The van der Waals surface area contributed by atoms with Gasteiger partial charge in [-0.15, -0.1) is 11.3 Å². The summed E-state index contributed by atoms with van der Waals surface area (Å²) in [5, 5.41) is 1.96. The molecule has 0 unspecified atom stereocenters. The fourth-order valence-electron chi connectivity index (χ4n) is 3.38. The van der Waals surface area contributed by atoms with Gasteiger partial charge in [0.05, 0.1) is 10.6 Å². The van der Waals surface area contributed by atoms with Gasteiger partial charge in [0.1, 0.15) is 0 Å². The number of carbonyl (C=O) groups is 1. The van der Waals surface area contributed by atoms with Gasteiger partial charge in [0.2, 0.25) is 5.78 Å². The Bertz CT molecular complexity index is 707. The molecule has 28 heavy (non-hydrogen) atoms. The van der Waals surface area contributed by atoms with Crippen LogP contribution in [0.15, 0.2) is 29.6 Å². The number of thiophene rings is 1. The van der Waals surface area contributed by atoms with Crippen LogP contribution in [-0.4, -0.2) is 36.3 Å². The van der Waals surface area contributed by atoms with Crippen molar-refractivity contribution in [2.45, 2.75) is 71.1 Å². The molecule has 4 heteroatoms. The number of ketones is 1.